The molecule has 0 atom stereocenters. The molecule has 0 unspecified atom stereocenters. The van der Waals surface area contributed by atoms with Gasteiger partial charge in [0.05, 0.1) is 0 Å². The van der Waals surface area contributed by atoms with E-state index in [4.69, 9.17) is 0 Å². The lowest BCUT2D eigenvalue weighted by atomic mass is 10.1. The van der Waals surface area contributed by atoms with E-state index in [-0.39, 0.29) is 0 Å². The van der Waals surface area contributed by atoms with Crippen LogP contribution < -0.4 is 0 Å². The number of hydrogen-bond donors (Lipinski definition) is 0. The quantitative estimate of drug-likeness (QED) is 0.606. The zero-order valence-corrected chi connectivity index (χ0v) is 7.35. The van der Waals surface area contributed by atoms with Crippen LogP contribution in [0.3, 0.4) is 0 Å². The van der Waals surface area contributed by atoms with Crippen LogP contribution in [0.15, 0.2) is 42.1 Å². The zero-order valence-electron chi connectivity index (χ0n) is 7.35. The molecule has 2 heteroatoms. The summed E-state index contributed by atoms with van der Waals surface area (Å²) in [5, 5.41) is 0. The monoisotopic (exact) mass is 180 g/mol. The number of hydrogen-bond acceptors (Lipinski definition) is 0. The van der Waals surface area contributed by atoms with Gasteiger partial charge in [0, 0.05) is 5.57 Å². The summed E-state index contributed by atoms with van der Waals surface area (Å²) < 4.78 is 23.9. The molecule has 0 nitrogen and oxygen atoms in total. The van der Waals surface area contributed by atoms with E-state index in [9.17, 15) is 8.78 Å². The molecule has 0 saturated carbocycles. The van der Waals surface area contributed by atoms with Crippen LogP contribution >= 0.6 is 0 Å². The molecule has 1 aromatic carbocycles. The summed E-state index contributed by atoms with van der Waals surface area (Å²) in [6.45, 7) is 1.83. The van der Waals surface area contributed by atoms with Gasteiger partial charge in [0.15, 0.2) is 0 Å². The first-order valence-corrected chi connectivity index (χ1v) is 4.10. The minimum Gasteiger partial charge on any atom is -0.164 e. The van der Waals surface area contributed by atoms with Crippen molar-refractivity contribution in [2.24, 2.45) is 0 Å². The van der Waals surface area contributed by atoms with E-state index in [1.807, 2.05) is 30.9 Å². The van der Waals surface area contributed by atoms with Crippen LogP contribution in [0.1, 0.15) is 18.9 Å². The van der Waals surface area contributed by atoms with Crippen molar-refractivity contribution in [1.29, 1.82) is 0 Å². The fourth-order valence-electron chi connectivity index (χ4n) is 1.12. The number of rotatable bonds is 2. The largest absolute Gasteiger partial charge is 0.313 e. The molecule has 0 fully saturated rings. The lowest BCUT2D eigenvalue weighted by molar-refractivity contribution is 0.424. The lowest BCUT2D eigenvalue weighted by Gasteiger charge is -1.99. The van der Waals surface area contributed by atoms with Crippen molar-refractivity contribution >= 4 is 5.57 Å². The summed E-state index contributed by atoms with van der Waals surface area (Å²) in [4.78, 5) is 0. The molecule has 13 heavy (non-hydrogen) atoms. The maximum atomic E-state index is 11.9. The molecule has 68 valence electrons. The first-order chi connectivity index (χ1) is 6.24. The standard InChI is InChI=1S/C11H10F2/c1-2-9(8-11(12)13)10-6-4-3-5-7-10/h3-7H,2H2,1H3. The molecule has 0 amide bonds. The third kappa shape index (κ3) is 2.85. The molecular weight excluding hydrogens is 170 g/mol. The van der Waals surface area contributed by atoms with Gasteiger partial charge in [-0.25, -0.2) is 0 Å². The summed E-state index contributed by atoms with van der Waals surface area (Å²) in [6, 6.07) is 9.10. The zero-order chi connectivity index (χ0) is 9.68. The van der Waals surface area contributed by atoms with Crippen LogP contribution in [0.5, 0.6) is 0 Å². The molecule has 1 rings (SSSR count). The second-order valence-corrected chi connectivity index (χ2v) is 2.58. The molecule has 0 aliphatic rings. The first kappa shape index (κ1) is 9.69. The Bertz CT molecular complexity index is 328. The minimum atomic E-state index is -1.76. The highest BCUT2D eigenvalue weighted by Gasteiger charge is 1.97. The highest BCUT2D eigenvalue weighted by atomic mass is 19.3. The lowest BCUT2D eigenvalue weighted by Crippen LogP contribution is -1.79. The molecule has 0 saturated heterocycles. The van der Waals surface area contributed by atoms with Crippen molar-refractivity contribution in [1.82, 2.24) is 0 Å². The van der Waals surface area contributed by atoms with Crippen LogP contribution in [0, 0.1) is 0 Å². The van der Waals surface area contributed by atoms with Gasteiger partial charge in [-0.3, -0.25) is 0 Å². The highest BCUT2D eigenvalue weighted by molar-refractivity contribution is 5.64. The molecule has 0 aromatic heterocycles. The van der Waals surface area contributed by atoms with E-state index in [0.29, 0.717) is 12.0 Å². The van der Waals surface area contributed by atoms with Crippen LogP contribution in [-0.4, -0.2) is 0 Å². The molecule has 0 aliphatic carbocycles. The fraction of sp³-hybridized carbons (Fsp3) is 0.182. The molecule has 0 spiro atoms. The van der Waals surface area contributed by atoms with Gasteiger partial charge in [-0.1, -0.05) is 37.3 Å². The smallest absolute Gasteiger partial charge is 0.164 e. The van der Waals surface area contributed by atoms with Crippen molar-refractivity contribution in [2.75, 3.05) is 0 Å². The Morgan fingerprint density at radius 3 is 2.31 bits per heavy atom. The van der Waals surface area contributed by atoms with Crippen molar-refractivity contribution in [3.8, 4) is 0 Å². The average Bonchev–Trinajstić information content (AvgIpc) is 2.15. The van der Waals surface area contributed by atoms with E-state index >= 15 is 0 Å². The van der Waals surface area contributed by atoms with Crippen LogP contribution in [-0.2, 0) is 0 Å². The molecule has 1 aromatic rings. The van der Waals surface area contributed by atoms with Crippen LogP contribution in [0.2, 0.25) is 0 Å². The molecular formula is C11H10F2. The first-order valence-electron chi connectivity index (χ1n) is 4.10. The second kappa shape index (κ2) is 4.58. The third-order valence-corrected chi connectivity index (χ3v) is 1.72. The maximum absolute atomic E-state index is 11.9. The Hall–Kier alpha value is -1.40. The molecule has 0 bridgehead atoms. The third-order valence-electron chi connectivity index (χ3n) is 1.72. The molecule has 0 N–H and O–H groups in total. The van der Waals surface area contributed by atoms with Crippen molar-refractivity contribution in [2.45, 2.75) is 13.3 Å². The van der Waals surface area contributed by atoms with Crippen LogP contribution in [0.25, 0.3) is 5.57 Å². The van der Waals surface area contributed by atoms with E-state index in [0.717, 1.165) is 5.56 Å². The van der Waals surface area contributed by atoms with E-state index in [1.165, 1.54) is 0 Å². The van der Waals surface area contributed by atoms with Gasteiger partial charge in [0.2, 0.25) is 0 Å². The van der Waals surface area contributed by atoms with Gasteiger partial charge in [-0.2, -0.15) is 8.78 Å². The Balaban J connectivity index is 3.14. The number of halogens is 2. The Kier molecular flexibility index (Phi) is 3.41. The average molecular weight is 180 g/mol. The van der Waals surface area contributed by atoms with Gasteiger partial charge >= 0.3 is 6.08 Å². The van der Waals surface area contributed by atoms with Gasteiger partial charge in [-0.15, -0.1) is 0 Å². The van der Waals surface area contributed by atoms with Gasteiger partial charge in [0.1, 0.15) is 0 Å². The van der Waals surface area contributed by atoms with E-state index in [2.05, 4.69) is 0 Å². The number of benzene rings is 1. The highest BCUT2D eigenvalue weighted by Crippen LogP contribution is 2.17. The summed E-state index contributed by atoms with van der Waals surface area (Å²) in [7, 11) is 0. The fourth-order valence-corrected chi connectivity index (χ4v) is 1.12. The summed E-state index contributed by atoms with van der Waals surface area (Å²) in [5.41, 5.74) is 3.39. The summed E-state index contributed by atoms with van der Waals surface area (Å²) >= 11 is 0. The van der Waals surface area contributed by atoms with Gasteiger partial charge < -0.3 is 0 Å². The van der Waals surface area contributed by atoms with Gasteiger partial charge in [0.25, 0.3) is 0 Å². The van der Waals surface area contributed by atoms with E-state index < -0.39 is 6.08 Å². The Labute approximate surface area is 76.2 Å². The van der Waals surface area contributed by atoms with Crippen molar-refractivity contribution in [3.63, 3.8) is 0 Å². The van der Waals surface area contributed by atoms with Crippen molar-refractivity contribution in [3.05, 3.63) is 47.7 Å². The Morgan fingerprint density at radius 2 is 1.85 bits per heavy atom. The van der Waals surface area contributed by atoms with Crippen molar-refractivity contribution < 1.29 is 8.78 Å². The SMILES string of the molecule is CCC(=C=C(F)F)c1ccccc1. The maximum Gasteiger partial charge on any atom is 0.313 e. The summed E-state index contributed by atoms with van der Waals surface area (Å²) in [5.74, 6) is 0. The molecule has 0 aliphatic heterocycles. The second-order valence-electron chi connectivity index (χ2n) is 2.58. The molecule has 0 heterocycles. The van der Waals surface area contributed by atoms with Gasteiger partial charge in [-0.05, 0) is 17.7 Å². The predicted octanol–water partition coefficient (Wildman–Crippen LogP) is 3.86. The van der Waals surface area contributed by atoms with E-state index in [1.54, 1.807) is 12.1 Å². The minimum absolute atomic E-state index is 0.542. The Morgan fingerprint density at radius 1 is 1.23 bits per heavy atom. The summed E-state index contributed by atoms with van der Waals surface area (Å²) in [6.07, 6.45) is -1.21. The van der Waals surface area contributed by atoms with Crippen LogP contribution in [0.4, 0.5) is 8.78 Å². The predicted molar refractivity (Wildman–Crippen MR) is 49.4 cm³/mol. The topological polar surface area (TPSA) is 0 Å². The molecule has 0 radical (unpaired) electrons. The normalized spacial score (nSPS) is 9.15. The number of allylic oxidation sites excluding steroid dienone is 1.